The van der Waals surface area contributed by atoms with Crippen LogP contribution >= 0.6 is 12.2 Å². The molecule has 1 saturated carbocycles. The minimum atomic E-state index is -0.299. The van der Waals surface area contributed by atoms with Crippen LogP contribution in [-0.4, -0.2) is 28.0 Å². The number of carbonyl (C=O) groups is 1. The van der Waals surface area contributed by atoms with E-state index in [0.717, 1.165) is 18.5 Å². The number of aromatic nitrogens is 1. The molecule has 2 rings (SSSR count). The van der Waals surface area contributed by atoms with Gasteiger partial charge in [-0.25, -0.2) is 0 Å². The highest BCUT2D eigenvalue weighted by Gasteiger charge is 2.25. The Balaban J connectivity index is 1.96. The van der Waals surface area contributed by atoms with Crippen molar-refractivity contribution in [3.63, 3.8) is 0 Å². The maximum Gasteiger partial charge on any atom is 0.242 e. The molecule has 0 radical (unpaired) electrons. The molecule has 1 amide bonds. The lowest BCUT2D eigenvalue weighted by Crippen LogP contribution is -2.38. The maximum absolute atomic E-state index is 11.8. The third kappa shape index (κ3) is 3.40. The lowest BCUT2D eigenvalue weighted by molar-refractivity contribution is -0.121. The van der Waals surface area contributed by atoms with Gasteiger partial charge in [-0.05, 0) is 31.9 Å². The molecular formula is C12H16N4OS. The Morgan fingerprint density at radius 3 is 2.94 bits per heavy atom. The van der Waals surface area contributed by atoms with Crippen molar-refractivity contribution in [2.45, 2.75) is 31.8 Å². The number of nitrogens with two attached hydrogens (primary N) is 1. The van der Waals surface area contributed by atoms with E-state index in [0.29, 0.717) is 11.7 Å². The molecule has 1 unspecified atom stereocenters. The Bertz CT molecular complexity index is 473. The van der Waals surface area contributed by atoms with Crippen LogP contribution < -0.4 is 16.4 Å². The van der Waals surface area contributed by atoms with Crippen LogP contribution in [0.1, 0.15) is 25.5 Å². The largest absolute Gasteiger partial charge is 0.388 e. The number of anilines is 1. The van der Waals surface area contributed by atoms with Crippen LogP contribution in [0, 0.1) is 0 Å². The summed E-state index contributed by atoms with van der Waals surface area (Å²) in [5, 5.41) is 6.05. The summed E-state index contributed by atoms with van der Waals surface area (Å²) in [6.45, 7) is 1.82. The lowest BCUT2D eigenvalue weighted by atomic mass is 10.2. The number of thiocarbonyl (C=S) groups is 1. The minimum absolute atomic E-state index is 0.00573. The van der Waals surface area contributed by atoms with Gasteiger partial charge in [-0.2, -0.15) is 0 Å². The zero-order chi connectivity index (χ0) is 13.1. The molecule has 1 heterocycles. The van der Waals surface area contributed by atoms with E-state index in [-0.39, 0.29) is 16.9 Å². The van der Waals surface area contributed by atoms with Crippen molar-refractivity contribution in [1.29, 1.82) is 0 Å². The summed E-state index contributed by atoms with van der Waals surface area (Å²) in [7, 11) is 0. The summed E-state index contributed by atoms with van der Waals surface area (Å²) in [6, 6.07) is 3.59. The summed E-state index contributed by atoms with van der Waals surface area (Å²) < 4.78 is 0. The van der Waals surface area contributed by atoms with Crippen LogP contribution in [0.25, 0.3) is 0 Å². The smallest absolute Gasteiger partial charge is 0.242 e. The van der Waals surface area contributed by atoms with E-state index in [9.17, 15) is 4.79 Å². The number of carbonyl (C=O) groups excluding carboxylic acids is 1. The highest BCUT2D eigenvalue weighted by Crippen LogP contribution is 2.19. The molecule has 1 aromatic rings. The second kappa shape index (κ2) is 5.30. The van der Waals surface area contributed by atoms with Crippen LogP contribution in [0.3, 0.4) is 0 Å². The number of nitrogens with zero attached hydrogens (tertiary/aromatic N) is 1. The molecule has 18 heavy (non-hydrogen) atoms. The van der Waals surface area contributed by atoms with Crippen molar-refractivity contribution in [2.24, 2.45) is 5.73 Å². The molecule has 1 aliphatic carbocycles. The summed E-state index contributed by atoms with van der Waals surface area (Å²) >= 11 is 4.86. The van der Waals surface area contributed by atoms with Gasteiger partial charge in [0.2, 0.25) is 5.91 Å². The average molecular weight is 264 g/mol. The SMILES string of the molecule is CC(Nc1ccnc(C(N)=S)c1)C(=O)NC1CC1. The third-order valence-corrected chi connectivity index (χ3v) is 2.92. The summed E-state index contributed by atoms with van der Waals surface area (Å²) in [6.07, 6.45) is 3.78. The summed E-state index contributed by atoms with van der Waals surface area (Å²) in [5.74, 6) is 0.00573. The summed E-state index contributed by atoms with van der Waals surface area (Å²) in [4.78, 5) is 16.1. The van der Waals surface area contributed by atoms with Gasteiger partial charge in [-0.3, -0.25) is 9.78 Å². The fraction of sp³-hybridized carbons (Fsp3) is 0.417. The Labute approximate surface area is 111 Å². The zero-order valence-electron chi connectivity index (χ0n) is 10.1. The monoisotopic (exact) mass is 264 g/mol. The third-order valence-electron chi connectivity index (χ3n) is 2.71. The fourth-order valence-corrected chi connectivity index (χ4v) is 1.64. The highest BCUT2D eigenvalue weighted by atomic mass is 32.1. The fourth-order valence-electron chi connectivity index (χ4n) is 1.52. The second-order valence-corrected chi connectivity index (χ2v) is 4.88. The molecule has 1 aliphatic rings. The van der Waals surface area contributed by atoms with Crippen molar-refractivity contribution in [2.75, 3.05) is 5.32 Å². The first-order valence-corrected chi connectivity index (χ1v) is 6.30. The molecule has 5 nitrogen and oxygen atoms in total. The quantitative estimate of drug-likeness (QED) is 0.685. The highest BCUT2D eigenvalue weighted by molar-refractivity contribution is 7.80. The molecule has 0 spiro atoms. The van der Waals surface area contributed by atoms with E-state index in [1.54, 1.807) is 18.3 Å². The van der Waals surface area contributed by atoms with Crippen LogP contribution in [-0.2, 0) is 4.79 Å². The molecule has 1 aromatic heterocycles. The van der Waals surface area contributed by atoms with Crippen LogP contribution in [0.2, 0.25) is 0 Å². The van der Waals surface area contributed by atoms with E-state index in [2.05, 4.69) is 15.6 Å². The number of hydrogen-bond donors (Lipinski definition) is 3. The van der Waals surface area contributed by atoms with E-state index in [1.165, 1.54) is 0 Å². The van der Waals surface area contributed by atoms with Gasteiger partial charge in [-0.15, -0.1) is 0 Å². The molecule has 4 N–H and O–H groups in total. The Morgan fingerprint density at radius 2 is 2.33 bits per heavy atom. The van der Waals surface area contributed by atoms with Crippen molar-refractivity contribution in [3.8, 4) is 0 Å². The molecule has 1 fully saturated rings. The van der Waals surface area contributed by atoms with Crippen LogP contribution in [0.4, 0.5) is 5.69 Å². The number of amides is 1. The first kappa shape index (κ1) is 12.8. The van der Waals surface area contributed by atoms with Crippen molar-refractivity contribution in [1.82, 2.24) is 10.3 Å². The molecule has 96 valence electrons. The molecule has 0 aromatic carbocycles. The van der Waals surface area contributed by atoms with Gasteiger partial charge in [0.15, 0.2) is 0 Å². The van der Waals surface area contributed by atoms with Crippen molar-refractivity contribution >= 4 is 28.8 Å². The molecule has 0 bridgehead atoms. The van der Waals surface area contributed by atoms with Gasteiger partial charge < -0.3 is 16.4 Å². The summed E-state index contributed by atoms with van der Waals surface area (Å²) in [5.41, 5.74) is 6.84. The Kier molecular flexibility index (Phi) is 3.76. The lowest BCUT2D eigenvalue weighted by Gasteiger charge is -2.15. The first-order chi connectivity index (χ1) is 8.56. The normalized spacial score (nSPS) is 15.8. The molecule has 0 saturated heterocycles. The van der Waals surface area contributed by atoms with E-state index in [1.807, 2.05) is 6.92 Å². The van der Waals surface area contributed by atoms with E-state index < -0.39 is 0 Å². The van der Waals surface area contributed by atoms with Gasteiger partial charge in [0.1, 0.15) is 11.0 Å². The predicted octanol–water partition coefficient (Wildman–Crippen LogP) is 0.795. The minimum Gasteiger partial charge on any atom is -0.388 e. The average Bonchev–Trinajstić information content (AvgIpc) is 3.13. The molecule has 0 aliphatic heterocycles. The van der Waals surface area contributed by atoms with E-state index >= 15 is 0 Å². The molecule has 6 heteroatoms. The van der Waals surface area contributed by atoms with Gasteiger partial charge in [0.05, 0.1) is 5.69 Å². The second-order valence-electron chi connectivity index (χ2n) is 4.44. The zero-order valence-corrected chi connectivity index (χ0v) is 11.0. The molecular weight excluding hydrogens is 248 g/mol. The van der Waals surface area contributed by atoms with Gasteiger partial charge in [0, 0.05) is 17.9 Å². The van der Waals surface area contributed by atoms with Gasteiger partial charge in [-0.1, -0.05) is 12.2 Å². The van der Waals surface area contributed by atoms with Gasteiger partial charge in [0.25, 0.3) is 0 Å². The van der Waals surface area contributed by atoms with E-state index in [4.69, 9.17) is 18.0 Å². The first-order valence-electron chi connectivity index (χ1n) is 5.89. The van der Waals surface area contributed by atoms with Gasteiger partial charge >= 0.3 is 0 Å². The van der Waals surface area contributed by atoms with Crippen molar-refractivity contribution < 1.29 is 4.79 Å². The number of pyridine rings is 1. The molecule has 1 atom stereocenters. The predicted molar refractivity (Wildman–Crippen MR) is 74.4 cm³/mol. The Hall–Kier alpha value is -1.69. The van der Waals surface area contributed by atoms with Crippen LogP contribution in [0.5, 0.6) is 0 Å². The standard InChI is InChI=1S/C12H16N4OS/c1-7(12(17)16-8-2-3-8)15-9-4-5-14-10(6-9)11(13)18/h4-8H,2-3H2,1H3,(H2,13,18)(H,14,15)(H,16,17). The Morgan fingerprint density at radius 1 is 1.61 bits per heavy atom. The number of nitrogens with one attached hydrogen (secondary N) is 2. The topological polar surface area (TPSA) is 80.0 Å². The maximum atomic E-state index is 11.8. The number of hydrogen-bond acceptors (Lipinski definition) is 4. The number of rotatable bonds is 5. The van der Waals surface area contributed by atoms with Crippen LogP contribution in [0.15, 0.2) is 18.3 Å². The van der Waals surface area contributed by atoms with Crippen molar-refractivity contribution in [3.05, 3.63) is 24.0 Å².